The van der Waals surface area contributed by atoms with E-state index in [4.69, 9.17) is 5.73 Å². The lowest BCUT2D eigenvalue weighted by molar-refractivity contribution is 0.0649. The molecule has 1 aromatic rings. The molecule has 108 valence electrons. The number of carbonyl (C=O) groups is 2. The Morgan fingerprint density at radius 3 is 2.65 bits per heavy atom. The van der Waals surface area contributed by atoms with Crippen molar-refractivity contribution >= 4 is 11.8 Å². The zero-order valence-corrected chi connectivity index (χ0v) is 11.9. The topological polar surface area (TPSA) is 75.4 Å². The summed E-state index contributed by atoms with van der Waals surface area (Å²) in [6.45, 7) is 3.60. The predicted octanol–water partition coefficient (Wildman–Crippen LogP) is 0.855. The van der Waals surface area contributed by atoms with Gasteiger partial charge in [0.2, 0.25) is 5.91 Å². The van der Waals surface area contributed by atoms with Crippen LogP contribution in [0.5, 0.6) is 0 Å². The van der Waals surface area contributed by atoms with E-state index in [1.165, 1.54) is 0 Å². The van der Waals surface area contributed by atoms with E-state index in [2.05, 4.69) is 12.2 Å². The third-order valence-electron chi connectivity index (χ3n) is 3.96. The molecule has 2 rings (SSSR count). The summed E-state index contributed by atoms with van der Waals surface area (Å²) in [5, 5.41) is 3.28. The largest absolute Gasteiger partial charge is 0.366 e. The smallest absolute Gasteiger partial charge is 0.253 e. The highest BCUT2D eigenvalue weighted by molar-refractivity contribution is 5.99. The summed E-state index contributed by atoms with van der Waals surface area (Å²) in [5.74, 6) is -0.131. The van der Waals surface area contributed by atoms with Crippen molar-refractivity contribution < 1.29 is 9.59 Å². The maximum Gasteiger partial charge on any atom is 0.253 e. The van der Waals surface area contributed by atoms with Gasteiger partial charge < -0.3 is 16.0 Å². The van der Waals surface area contributed by atoms with Crippen LogP contribution in [0.4, 0.5) is 0 Å². The molecule has 1 saturated heterocycles. The van der Waals surface area contributed by atoms with Crippen molar-refractivity contribution in [3.05, 3.63) is 35.4 Å². The lowest BCUT2D eigenvalue weighted by atomic mass is 9.93. The van der Waals surface area contributed by atoms with Gasteiger partial charge in [0, 0.05) is 30.3 Å². The molecular formula is C15H21N3O2. The fraction of sp³-hybridized carbons (Fsp3) is 0.467. The molecule has 1 heterocycles. The summed E-state index contributed by atoms with van der Waals surface area (Å²) in [5.41, 5.74) is 6.14. The van der Waals surface area contributed by atoms with Gasteiger partial charge in [-0.15, -0.1) is 0 Å². The van der Waals surface area contributed by atoms with Gasteiger partial charge in [0.25, 0.3) is 5.91 Å². The monoisotopic (exact) mass is 275 g/mol. The van der Waals surface area contributed by atoms with E-state index >= 15 is 0 Å². The van der Waals surface area contributed by atoms with Crippen LogP contribution in [0, 0.1) is 5.92 Å². The van der Waals surface area contributed by atoms with Gasteiger partial charge in [0.1, 0.15) is 0 Å². The summed E-state index contributed by atoms with van der Waals surface area (Å²) in [6, 6.07) is 7.06. The van der Waals surface area contributed by atoms with Gasteiger partial charge in [-0.2, -0.15) is 0 Å². The van der Waals surface area contributed by atoms with Crippen LogP contribution < -0.4 is 11.1 Å². The van der Waals surface area contributed by atoms with Crippen LogP contribution in [0.3, 0.4) is 0 Å². The van der Waals surface area contributed by atoms with E-state index in [9.17, 15) is 9.59 Å². The van der Waals surface area contributed by atoms with Gasteiger partial charge in [0.05, 0.1) is 0 Å². The Morgan fingerprint density at radius 1 is 1.35 bits per heavy atom. The fourth-order valence-electron chi connectivity index (χ4n) is 2.75. The van der Waals surface area contributed by atoms with Crippen molar-refractivity contribution in [2.45, 2.75) is 19.4 Å². The molecule has 1 fully saturated rings. The van der Waals surface area contributed by atoms with Gasteiger partial charge in [-0.25, -0.2) is 0 Å². The standard InChI is InChI=1S/C15H21N3O2/c1-10-9-18(7-6-13(10)17-2)15(20)12-5-3-4-11(8-12)14(16)19/h3-5,8,10,13,17H,6-7,9H2,1-2H3,(H2,16,19). The maximum atomic E-state index is 12.5. The van der Waals surface area contributed by atoms with Crippen LogP contribution in [0.15, 0.2) is 24.3 Å². The molecule has 0 spiro atoms. The first kappa shape index (κ1) is 14.5. The zero-order valence-electron chi connectivity index (χ0n) is 11.9. The Balaban J connectivity index is 2.12. The molecule has 0 aliphatic carbocycles. The minimum absolute atomic E-state index is 0.0329. The second kappa shape index (κ2) is 6.05. The molecule has 0 radical (unpaired) electrons. The van der Waals surface area contributed by atoms with Crippen molar-refractivity contribution in [3.8, 4) is 0 Å². The number of primary amides is 1. The Bertz CT molecular complexity index is 516. The highest BCUT2D eigenvalue weighted by atomic mass is 16.2. The van der Waals surface area contributed by atoms with Crippen LogP contribution in [0.25, 0.3) is 0 Å². The SMILES string of the molecule is CNC1CCN(C(=O)c2cccc(C(N)=O)c2)CC1C. The molecule has 5 nitrogen and oxygen atoms in total. The Hall–Kier alpha value is -1.88. The van der Waals surface area contributed by atoms with Crippen LogP contribution in [-0.2, 0) is 0 Å². The van der Waals surface area contributed by atoms with Crippen LogP contribution in [0.2, 0.25) is 0 Å². The number of carbonyl (C=O) groups excluding carboxylic acids is 2. The van der Waals surface area contributed by atoms with Gasteiger partial charge in [-0.05, 0) is 37.6 Å². The number of hydrogen-bond donors (Lipinski definition) is 2. The highest BCUT2D eigenvalue weighted by Gasteiger charge is 2.28. The van der Waals surface area contributed by atoms with Gasteiger partial charge >= 0.3 is 0 Å². The molecule has 0 bridgehead atoms. The van der Waals surface area contributed by atoms with Crippen LogP contribution in [0.1, 0.15) is 34.1 Å². The van der Waals surface area contributed by atoms with Crippen molar-refractivity contribution in [2.24, 2.45) is 11.7 Å². The molecular weight excluding hydrogens is 254 g/mol. The minimum atomic E-state index is -0.512. The van der Waals surface area contributed by atoms with E-state index in [0.29, 0.717) is 23.1 Å². The average molecular weight is 275 g/mol. The van der Waals surface area contributed by atoms with E-state index in [0.717, 1.165) is 19.5 Å². The van der Waals surface area contributed by atoms with Crippen molar-refractivity contribution in [1.29, 1.82) is 0 Å². The van der Waals surface area contributed by atoms with Gasteiger partial charge in [-0.1, -0.05) is 13.0 Å². The van der Waals surface area contributed by atoms with Crippen LogP contribution in [-0.4, -0.2) is 42.9 Å². The molecule has 1 aliphatic rings. The van der Waals surface area contributed by atoms with E-state index in [1.807, 2.05) is 11.9 Å². The Kier molecular flexibility index (Phi) is 4.39. The first-order valence-corrected chi connectivity index (χ1v) is 6.89. The number of rotatable bonds is 3. The molecule has 5 heteroatoms. The van der Waals surface area contributed by atoms with Crippen molar-refractivity contribution in [1.82, 2.24) is 10.2 Å². The summed E-state index contributed by atoms with van der Waals surface area (Å²) >= 11 is 0. The van der Waals surface area contributed by atoms with E-state index in [-0.39, 0.29) is 5.91 Å². The second-order valence-corrected chi connectivity index (χ2v) is 5.36. The first-order valence-electron chi connectivity index (χ1n) is 6.89. The molecule has 0 aromatic heterocycles. The number of nitrogens with one attached hydrogen (secondary N) is 1. The molecule has 1 aliphatic heterocycles. The summed E-state index contributed by atoms with van der Waals surface area (Å²) in [6.07, 6.45) is 0.943. The lowest BCUT2D eigenvalue weighted by Gasteiger charge is -2.36. The molecule has 3 N–H and O–H groups in total. The molecule has 20 heavy (non-hydrogen) atoms. The highest BCUT2D eigenvalue weighted by Crippen LogP contribution is 2.19. The molecule has 1 aromatic carbocycles. The Morgan fingerprint density at radius 2 is 2.05 bits per heavy atom. The molecule has 2 atom stereocenters. The number of nitrogens with zero attached hydrogens (tertiary/aromatic N) is 1. The zero-order chi connectivity index (χ0) is 14.7. The first-order chi connectivity index (χ1) is 9.52. The normalized spacial score (nSPS) is 22.6. The van der Waals surface area contributed by atoms with Gasteiger partial charge in [0.15, 0.2) is 0 Å². The summed E-state index contributed by atoms with van der Waals surface area (Å²) in [4.78, 5) is 25.5. The minimum Gasteiger partial charge on any atom is -0.366 e. The van der Waals surface area contributed by atoms with Crippen LogP contribution >= 0.6 is 0 Å². The second-order valence-electron chi connectivity index (χ2n) is 5.36. The third kappa shape index (κ3) is 2.99. The quantitative estimate of drug-likeness (QED) is 0.859. The fourth-order valence-corrected chi connectivity index (χ4v) is 2.75. The summed E-state index contributed by atoms with van der Waals surface area (Å²) < 4.78 is 0. The predicted molar refractivity (Wildman–Crippen MR) is 77.5 cm³/mol. The maximum absolute atomic E-state index is 12.5. The number of likely N-dealkylation sites (tertiary alicyclic amines) is 1. The number of benzene rings is 1. The Labute approximate surface area is 119 Å². The number of nitrogens with two attached hydrogens (primary N) is 1. The summed E-state index contributed by atoms with van der Waals surface area (Å²) in [7, 11) is 1.95. The van der Waals surface area contributed by atoms with E-state index in [1.54, 1.807) is 24.3 Å². The average Bonchev–Trinajstić information content (AvgIpc) is 2.46. The number of amides is 2. The number of hydrogen-bond acceptors (Lipinski definition) is 3. The molecule has 0 saturated carbocycles. The van der Waals surface area contributed by atoms with Gasteiger partial charge in [-0.3, -0.25) is 9.59 Å². The van der Waals surface area contributed by atoms with Crippen molar-refractivity contribution in [3.63, 3.8) is 0 Å². The molecule has 2 amide bonds. The number of piperidine rings is 1. The molecule has 2 unspecified atom stereocenters. The lowest BCUT2D eigenvalue weighted by Crippen LogP contribution is -2.49. The van der Waals surface area contributed by atoms with E-state index < -0.39 is 5.91 Å². The third-order valence-corrected chi connectivity index (χ3v) is 3.96. The van der Waals surface area contributed by atoms with Crippen molar-refractivity contribution in [2.75, 3.05) is 20.1 Å².